The Morgan fingerprint density at radius 2 is 0.750 bits per heavy atom. The summed E-state index contributed by atoms with van der Waals surface area (Å²) in [5.74, 6) is -0.245. The fourth-order valence-corrected chi connectivity index (χ4v) is 10.7. The van der Waals surface area contributed by atoms with Gasteiger partial charge in [-0.15, -0.1) is 0 Å². The summed E-state index contributed by atoms with van der Waals surface area (Å²) in [6.45, 7) is 1.70. The minimum atomic E-state index is -1.97. The van der Waals surface area contributed by atoms with E-state index in [0.29, 0.717) is 12.8 Å². The Hall–Kier alpha value is -1.21. The molecule has 0 bridgehead atoms. The monoisotopic (exact) mass is 1100 g/mol. The summed E-state index contributed by atoms with van der Waals surface area (Å²) in [7, 11) is 0. The van der Waals surface area contributed by atoms with Gasteiger partial charge in [0.2, 0.25) is 5.91 Å². The molecule has 3 aliphatic rings. The Bertz CT molecular complexity index is 1400. The standard InChI is InChI=1S/C57H109NO18/c1-3-5-7-9-10-11-12-13-14-15-16-17-18-19-20-21-22-23-24-25-26-27-28-29-31-33-35-45(63)58-40(41(62)34-32-30-8-6-4-2)39-71-55-51(69)48(66)53(43(37-60)73-55)76-57-52(70)49(67)54(44(38-61)74-57)75-56-50(68)47(65)46(64)42(36-59)72-56/h40-44,46-57,59-62,64-70H,3-39H2,1-2H3,(H,58,63). The van der Waals surface area contributed by atoms with E-state index in [-0.39, 0.29) is 18.9 Å². The molecule has 0 aromatic heterocycles. The molecule has 19 nitrogen and oxygen atoms in total. The molecule has 0 saturated carbocycles. The maximum Gasteiger partial charge on any atom is 0.220 e. The van der Waals surface area contributed by atoms with Crippen molar-refractivity contribution >= 4 is 5.91 Å². The minimum absolute atomic E-state index is 0.245. The van der Waals surface area contributed by atoms with E-state index < -0.39 is 124 Å². The van der Waals surface area contributed by atoms with E-state index >= 15 is 0 Å². The van der Waals surface area contributed by atoms with Crippen molar-refractivity contribution in [1.82, 2.24) is 5.32 Å². The fraction of sp³-hybridized carbons (Fsp3) is 0.982. The molecular formula is C57H109NO18. The van der Waals surface area contributed by atoms with Crippen molar-refractivity contribution in [2.24, 2.45) is 0 Å². The van der Waals surface area contributed by atoms with Crippen LogP contribution in [0, 0.1) is 0 Å². The van der Waals surface area contributed by atoms with E-state index in [9.17, 15) is 61.0 Å². The lowest BCUT2D eigenvalue weighted by atomic mass is 9.96. The SMILES string of the molecule is CCCCCCCCCCCCCCCCCCCCCCCCCCCCC(=O)NC(COC1OC(CO)C(OC2OC(CO)C(OC3OC(CO)C(O)C(O)C3O)C(O)C2O)C(O)C1O)C(O)CCCCCCC. The molecule has 3 aliphatic heterocycles. The van der Waals surface area contributed by atoms with Crippen molar-refractivity contribution in [3.05, 3.63) is 0 Å². The molecule has 76 heavy (non-hydrogen) atoms. The molecule has 3 rings (SSSR count). The van der Waals surface area contributed by atoms with Crippen LogP contribution < -0.4 is 5.32 Å². The molecule has 3 heterocycles. The predicted octanol–water partition coefficient (Wildman–Crippen LogP) is 5.21. The molecule has 3 saturated heterocycles. The van der Waals surface area contributed by atoms with E-state index in [4.69, 9.17) is 28.4 Å². The molecule has 12 N–H and O–H groups in total. The predicted molar refractivity (Wildman–Crippen MR) is 287 cm³/mol. The molecule has 450 valence electrons. The van der Waals surface area contributed by atoms with Crippen molar-refractivity contribution < 1.29 is 89.4 Å². The van der Waals surface area contributed by atoms with E-state index in [1.807, 2.05) is 0 Å². The van der Waals surface area contributed by atoms with Gasteiger partial charge in [-0.25, -0.2) is 0 Å². The van der Waals surface area contributed by atoms with Crippen molar-refractivity contribution in [2.75, 3.05) is 26.4 Å². The van der Waals surface area contributed by atoms with Gasteiger partial charge < -0.3 is 89.9 Å². The molecular weight excluding hydrogens is 987 g/mol. The number of amides is 1. The lowest BCUT2D eigenvalue weighted by molar-refractivity contribution is -0.379. The molecule has 17 atom stereocenters. The number of hydrogen-bond donors (Lipinski definition) is 12. The Kier molecular flexibility index (Phi) is 37.9. The van der Waals surface area contributed by atoms with Crippen LogP contribution in [0.5, 0.6) is 0 Å². The average molecular weight is 1100 g/mol. The highest BCUT2D eigenvalue weighted by atomic mass is 16.8. The minimum Gasteiger partial charge on any atom is -0.394 e. The number of ether oxygens (including phenoxy) is 6. The number of carbonyl (C=O) groups excluding carboxylic acids is 1. The Morgan fingerprint density at radius 1 is 0.421 bits per heavy atom. The van der Waals surface area contributed by atoms with Crippen LogP contribution in [0.15, 0.2) is 0 Å². The lowest BCUT2D eigenvalue weighted by Crippen LogP contribution is -2.66. The molecule has 0 aromatic carbocycles. The van der Waals surface area contributed by atoms with Gasteiger partial charge in [-0.3, -0.25) is 4.79 Å². The van der Waals surface area contributed by atoms with Crippen LogP contribution in [0.2, 0.25) is 0 Å². The topological polar surface area (TPSA) is 307 Å². The quantitative estimate of drug-likeness (QED) is 0.0348. The fourth-order valence-electron chi connectivity index (χ4n) is 10.7. The largest absolute Gasteiger partial charge is 0.394 e. The maximum atomic E-state index is 13.2. The van der Waals surface area contributed by atoms with Gasteiger partial charge in [0, 0.05) is 6.42 Å². The number of carbonyl (C=O) groups is 1. The molecule has 3 fully saturated rings. The smallest absolute Gasteiger partial charge is 0.220 e. The van der Waals surface area contributed by atoms with Gasteiger partial charge in [-0.2, -0.15) is 0 Å². The Labute approximate surface area is 455 Å². The molecule has 0 aromatic rings. The van der Waals surface area contributed by atoms with Gasteiger partial charge >= 0.3 is 0 Å². The second-order valence-corrected chi connectivity index (χ2v) is 22.2. The summed E-state index contributed by atoms with van der Waals surface area (Å²) in [5.41, 5.74) is 0. The summed E-state index contributed by atoms with van der Waals surface area (Å²) < 4.78 is 34.1. The third kappa shape index (κ3) is 25.7. The van der Waals surface area contributed by atoms with Crippen LogP contribution in [0.3, 0.4) is 0 Å². The number of nitrogens with one attached hydrogen (secondary N) is 1. The normalized spacial score (nSPS) is 30.9. The van der Waals surface area contributed by atoms with E-state index in [0.717, 1.165) is 51.4 Å². The maximum absolute atomic E-state index is 13.2. The lowest BCUT2D eigenvalue weighted by Gasteiger charge is -2.48. The number of aliphatic hydroxyl groups is 11. The van der Waals surface area contributed by atoms with Crippen molar-refractivity contribution in [3.8, 4) is 0 Å². The third-order valence-corrected chi connectivity index (χ3v) is 15.7. The first-order valence-corrected chi connectivity index (χ1v) is 30.3. The second kappa shape index (κ2) is 41.7. The molecule has 0 aliphatic carbocycles. The molecule has 1 amide bonds. The number of aliphatic hydroxyl groups excluding tert-OH is 11. The zero-order chi connectivity index (χ0) is 55.5. The summed E-state index contributed by atoms with van der Waals surface area (Å²) in [6, 6.07) is -0.877. The molecule has 0 spiro atoms. The highest BCUT2D eigenvalue weighted by molar-refractivity contribution is 5.76. The van der Waals surface area contributed by atoms with E-state index in [1.165, 1.54) is 141 Å². The molecule has 19 heteroatoms. The first-order chi connectivity index (χ1) is 36.8. The van der Waals surface area contributed by atoms with E-state index in [1.54, 1.807) is 0 Å². The average Bonchev–Trinajstić information content (AvgIpc) is 3.41. The van der Waals surface area contributed by atoms with Crippen molar-refractivity contribution in [1.29, 1.82) is 0 Å². The highest BCUT2D eigenvalue weighted by Gasteiger charge is 2.53. The van der Waals surface area contributed by atoms with Gasteiger partial charge in [-0.05, 0) is 12.8 Å². The Morgan fingerprint density at radius 3 is 1.14 bits per heavy atom. The number of hydrogen-bond acceptors (Lipinski definition) is 18. The van der Waals surface area contributed by atoms with Crippen LogP contribution in [-0.2, 0) is 33.2 Å². The molecule has 0 radical (unpaired) electrons. The van der Waals surface area contributed by atoms with Gasteiger partial charge in [0.1, 0.15) is 73.2 Å². The number of unbranched alkanes of at least 4 members (excludes halogenated alkanes) is 29. The first-order valence-electron chi connectivity index (χ1n) is 30.3. The Balaban J connectivity index is 1.34. The van der Waals surface area contributed by atoms with Gasteiger partial charge in [0.15, 0.2) is 18.9 Å². The van der Waals surface area contributed by atoms with Gasteiger partial charge in [0.05, 0.1) is 38.6 Å². The summed E-state index contributed by atoms with van der Waals surface area (Å²) >= 11 is 0. The summed E-state index contributed by atoms with van der Waals surface area (Å²) in [5, 5.41) is 120. The zero-order valence-electron chi connectivity index (χ0n) is 46.8. The zero-order valence-corrected chi connectivity index (χ0v) is 46.8. The van der Waals surface area contributed by atoms with Crippen LogP contribution in [-0.4, -0.2) is 193 Å². The first kappa shape index (κ1) is 69.1. The number of rotatable bonds is 45. The third-order valence-electron chi connectivity index (χ3n) is 15.7. The summed E-state index contributed by atoms with van der Waals surface area (Å²) in [4.78, 5) is 13.2. The van der Waals surface area contributed by atoms with E-state index in [2.05, 4.69) is 19.2 Å². The highest BCUT2D eigenvalue weighted by Crippen LogP contribution is 2.33. The summed E-state index contributed by atoms with van der Waals surface area (Å²) in [6.07, 6.45) is 12.9. The molecule has 17 unspecified atom stereocenters. The van der Waals surface area contributed by atoms with Crippen LogP contribution >= 0.6 is 0 Å². The van der Waals surface area contributed by atoms with Crippen molar-refractivity contribution in [2.45, 2.75) is 330 Å². The van der Waals surface area contributed by atoms with Crippen molar-refractivity contribution in [3.63, 3.8) is 0 Å². The second-order valence-electron chi connectivity index (χ2n) is 22.2. The van der Waals surface area contributed by atoms with Crippen LogP contribution in [0.4, 0.5) is 0 Å². The van der Waals surface area contributed by atoms with Crippen LogP contribution in [0.25, 0.3) is 0 Å². The van der Waals surface area contributed by atoms with Gasteiger partial charge in [-0.1, -0.05) is 206 Å². The van der Waals surface area contributed by atoms with Crippen LogP contribution in [0.1, 0.15) is 226 Å². The van der Waals surface area contributed by atoms with Gasteiger partial charge in [0.25, 0.3) is 0 Å².